The van der Waals surface area contributed by atoms with E-state index in [1.54, 1.807) is 12.1 Å². The molecule has 1 atom stereocenters. The zero-order chi connectivity index (χ0) is 11.7. The number of aliphatic hydroxyl groups excluding tert-OH is 1. The summed E-state index contributed by atoms with van der Waals surface area (Å²) in [6, 6.07) is 3.14. The van der Waals surface area contributed by atoms with Crippen molar-refractivity contribution in [3.8, 4) is 11.5 Å². The maximum Gasteiger partial charge on any atom is 0.339 e. The number of aliphatic hydroxyl groups is 1. The van der Waals surface area contributed by atoms with E-state index in [9.17, 15) is 9.90 Å². The molecule has 16 heavy (non-hydrogen) atoms. The van der Waals surface area contributed by atoms with Gasteiger partial charge in [-0.2, -0.15) is 0 Å². The number of esters is 1. The Bertz CT molecular complexity index is 431. The summed E-state index contributed by atoms with van der Waals surface area (Å²) < 4.78 is 15.4. The quantitative estimate of drug-likeness (QED) is 0.833. The Kier molecular flexibility index (Phi) is 3.02. The second kappa shape index (κ2) is 4.31. The zero-order valence-electron chi connectivity index (χ0n) is 8.40. The van der Waals surface area contributed by atoms with Crippen molar-refractivity contribution < 1.29 is 24.1 Å². The van der Waals surface area contributed by atoms with E-state index >= 15 is 0 Å². The monoisotopic (exact) mass is 288 g/mol. The molecule has 6 heteroatoms. The topological polar surface area (TPSA) is 65.0 Å². The summed E-state index contributed by atoms with van der Waals surface area (Å²) in [5.41, 5.74) is 0.392. The highest BCUT2D eigenvalue weighted by Crippen LogP contribution is 2.41. The summed E-state index contributed by atoms with van der Waals surface area (Å²) in [5, 5.41) is 9.65. The van der Waals surface area contributed by atoms with Crippen molar-refractivity contribution in [3.05, 3.63) is 22.2 Å². The Hall–Kier alpha value is -1.27. The molecule has 1 aliphatic rings. The third kappa shape index (κ3) is 1.85. The average Bonchev–Trinajstić information content (AvgIpc) is 2.75. The predicted octanol–water partition coefficient (Wildman–Crippen LogP) is 1.38. The van der Waals surface area contributed by atoms with Crippen LogP contribution < -0.4 is 9.47 Å². The highest BCUT2D eigenvalue weighted by atomic mass is 79.9. The van der Waals surface area contributed by atoms with Crippen LogP contribution in [-0.2, 0) is 9.53 Å². The van der Waals surface area contributed by atoms with Crippen molar-refractivity contribution in [1.82, 2.24) is 0 Å². The highest BCUT2D eigenvalue weighted by molar-refractivity contribution is 9.10. The van der Waals surface area contributed by atoms with E-state index in [2.05, 4.69) is 20.7 Å². The molecule has 0 aliphatic carbocycles. The minimum absolute atomic E-state index is 0.131. The molecule has 1 aromatic carbocycles. The minimum Gasteiger partial charge on any atom is -0.467 e. The van der Waals surface area contributed by atoms with Gasteiger partial charge in [-0.1, -0.05) is 0 Å². The summed E-state index contributed by atoms with van der Waals surface area (Å²) in [6.07, 6.45) is -1.32. The molecule has 1 unspecified atom stereocenters. The van der Waals surface area contributed by atoms with Crippen LogP contribution in [0.4, 0.5) is 0 Å². The number of benzene rings is 1. The van der Waals surface area contributed by atoms with Crippen LogP contribution in [0.3, 0.4) is 0 Å². The van der Waals surface area contributed by atoms with Crippen molar-refractivity contribution in [2.45, 2.75) is 6.10 Å². The first-order valence-electron chi connectivity index (χ1n) is 4.48. The molecule has 0 saturated heterocycles. The largest absolute Gasteiger partial charge is 0.467 e. The lowest BCUT2D eigenvalue weighted by Crippen LogP contribution is -2.13. The fourth-order valence-electron chi connectivity index (χ4n) is 1.39. The van der Waals surface area contributed by atoms with Gasteiger partial charge in [0.1, 0.15) is 0 Å². The number of fused-ring (bicyclic) bond motifs is 1. The number of ether oxygens (including phenoxy) is 3. The Balaban J connectivity index is 2.36. The SMILES string of the molecule is COC(=O)C(O)c1cc(Br)c2c(c1)OCO2. The van der Waals surface area contributed by atoms with Gasteiger partial charge in [0.15, 0.2) is 17.6 Å². The highest BCUT2D eigenvalue weighted by Gasteiger charge is 2.24. The van der Waals surface area contributed by atoms with Gasteiger partial charge in [-0.3, -0.25) is 0 Å². The molecular weight excluding hydrogens is 280 g/mol. The van der Waals surface area contributed by atoms with Gasteiger partial charge in [-0.15, -0.1) is 0 Å². The molecular formula is C10H9BrO5. The molecule has 1 aliphatic heterocycles. The summed E-state index contributed by atoms with van der Waals surface area (Å²) in [5.74, 6) is 0.346. The van der Waals surface area contributed by atoms with Crippen molar-refractivity contribution in [2.75, 3.05) is 13.9 Å². The molecule has 0 fully saturated rings. The Morgan fingerprint density at radius 3 is 3.00 bits per heavy atom. The zero-order valence-corrected chi connectivity index (χ0v) is 9.98. The van der Waals surface area contributed by atoms with E-state index < -0.39 is 12.1 Å². The molecule has 0 spiro atoms. The fourth-order valence-corrected chi connectivity index (χ4v) is 1.97. The third-order valence-corrected chi connectivity index (χ3v) is 2.78. The molecule has 1 heterocycles. The Labute approximate surface area is 100 Å². The molecule has 86 valence electrons. The lowest BCUT2D eigenvalue weighted by atomic mass is 10.1. The number of hydrogen-bond acceptors (Lipinski definition) is 5. The van der Waals surface area contributed by atoms with E-state index in [1.165, 1.54) is 7.11 Å². The van der Waals surface area contributed by atoms with E-state index in [0.717, 1.165) is 0 Å². The van der Waals surface area contributed by atoms with Gasteiger partial charge in [-0.25, -0.2) is 4.79 Å². The van der Waals surface area contributed by atoms with Crippen LogP contribution in [0.2, 0.25) is 0 Å². The van der Waals surface area contributed by atoms with Gasteiger partial charge >= 0.3 is 5.97 Å². The summed E-state index contributed by atoms with van der Waals surface area (Å²) >= 11 is 3.27. The van der Waals surface area contributed by atoms with Crippen LogP contribution in [0.1, 0.15) is 11.7 Å². The van der Waals surface area contributed by atoms with E-state index in [0.29, 0.717) is 21.5 Å². The van der Waals surface area contributed by atoms with Gasteiger partial charge < -0.3 is 19.3 Å². The number of methoxy groups -OCH3 is 1. The van der Waals surface area contributed by atoms with Crippen LogP contribution in [0, 0.1) is 0 Å². The molecule has 0 bridgehead atoms. The maximum absolute atomic E-state index is 11.2. The first-order valence-corrected chi connectivity index (χ1v) is 5.27. The van der Waals surface area contributed by atoms with Gasteiger partial charge in [0.2, 0.25) is 6.79 Å². The smallest absolute Gasteiger partial charge is 0.339 e. The lowest BCUT2D eigenvalue weighted by molar-refractivity contribution is -0.150. The van der Waals surface area contributed by atoms with Crippen LogP contribution >= 0.6 is 15.9 Å². The first kappa shape index (κ1) is 11.2. The molecule has 0 aromatic heterocycles. The average molecular weight is 289 g/mol. The minimum atomic E-state index is -1.32. The summed E-state index contributed by atoms with van der Waals surface area (Å²) in [4.78, 5) is 11.2. The number of carbonyl (C=O) groups is 1. The Morgan fingerprint density at radius 1 is 1.56 bits per heavy atom. The molecule has 1 N–H and O–H groups in total. The number of halogens is 1. The normalized spacial score (nSPS) is 14.7. The van der Waals surface area contributed by atoms with Gasteiger partial charge in [0.25, 0.3) is 0 Å². The number of hydrogen-bond donors (Lipinski definition) is 1. The van der Waals surface area contributed by atoms with Crippen molar-refractivity contribution in [3.63, 3.8) is 0 Å². The third-order valence-electron chi connectivity index (χ3n) is 2.19. The van der Waals surface area contributed by atoms with Crippen LogP contribution in [0.5, 0.6) is 11.5 Å². The van der Waals surface area contributed by atoms with Gasteiger partial charge in [0.05, 0.1) is 11.6 Å². The predicted molar refractivity (Wildman–Crippen MR) is 57.2 cm³/mol. The number of rotatable bonds is 2. The van der Waals surface area contributed by atoms with E-state index in [1.807, 2.05) is 0 Å². The summed E-state index contributed by atoms with van der Waals surface area (Å²) in [7, 11) is 1.22. The lowest BCUT2D eigenvalue weighted by Gasteiger charge is -2.10. The Morgan fingerprint density at radius 2 is 2.31 bits per heavy atom. The number of carbonyl (C=O) groups excluding carboxylic acids is 1. The van der Waals surface area contributed by atoms with Gasteiger partial charge in [-0.05, 0) is 33.6 Å². The molecule has 1 aromatic rings. The second-order valence-electron chi connectivity index (χ2n) is 3.16. The first-order chi connectivity index (χ1) is 7.63. The maximum atomic E-state index is 11.2. The van der Waals surface area contributed by atoms with Gasteiger partial charge in [0, 0.05) is 0 Å². The van der Waals surface area contributed by atoms with E-state index in [4.69, 9.17) is 9.47 Å². The van der Waals surface area contributed by atoms with Crippen molar-refractivity contribution in [2.24, 2.45) is 0 Å². The molecule has 5 nitrogen and oxygen atoms in total. The fraction of sp³-hybridized carbons (Fsp3) is 0.300. The summed E-state index contributed by atoms with van der Waals surface area (Å²) in [6.45, 7) is 0.131. The molecule has 0 amide bonds. The van der Waals surface area contributed by atoms with Crippen molar-refractivity contribution in [1.29, 1.82) is 0 Å². The standard InChI is InChI=1S/C10H9BrO5/c1-14-10(13)8(12)5-2-6(11)9-7(3-5)15-4-16-9/h2-3,8,12H,4H2,1H3. The van der Waals surface area contributed by atoms with Crippen LogP contribution in [-0.4, -0.2) is 25.0 Å². The van der Waals surface area contributed by atoms with E-state index in [-0.39, 0.29) is 6.79 Å². The molecule has 2 rings (SSSR count). The van der Waals surface area contributed by atoms with Crippen LogP contribution in [0.15, 0.2) is 16.6 Å². The molecule has 0 saturated carbocycles. The molecule has 0 radical (unpaired) electrons. The second-order valence-corrected chi connectivity index (χ2v) is 4.02. The van der Waals surface area contributed by atoms with Crippen LogP contribution in [0.25, 0.3) is 0 Å². The van der Waals surface area contributed by atoms with Crippen molar-refractivity contribution >= 4 is 21.9 Å².